The number of aromatic hydroxyl groups is 1. The van der Waals surface area contributed by atoms with E-state index in [1.807, 2.05) is 0 Å². The maximum absolute atomic E-state index is 12.9. The molecule has 0 unspecified atom stereocenters. The average molecular weight is 553 g/mol. The van der Waals surface area contributed by atoms with E-state index in [-0.39, 0.29) is 46.8 Å². The van der Waals surface area contributed by atoms with Crippen LogP contribution in [0.2, 0.25) is 0 Å². The molecule has 0 aliphatic rings. The Morgan fingerprint density at radius 3 is 2.10 bits per heavy atom. The van der Waals surface area contributed by atoms with Gasteiger partial charge >= 0.3 is 11.9 Å². The first-order valence-corrected chi connectivity index (χ1v) is 13.5. The van der Waals surface area contributed by atoms with E-state index in [9.17, 15) is 29.5 Å². The zero-order valence-corrected chi connectivity index (χ0v) is 23.5. The number of unbranched alkanes of at least 4 members (excludes halogenated alkanes) is 6. The molecule has 0 amide bonds. The van der Waals surface area contributed by atoms with E-state index in [0.29, 0.717) is 11.0 Å². The largest absolute Gasteiger partial charge is 0.493 e. The second-order valence-corrected chi connectivity index (χ2v) is 9.27. The van der Waals surface area contributed by atoms with Gasteiger partial charge in [-0.3, -0.25) is 9.59 Å². The molecule has 1 N–H and O–H groups in total. The van der Waals surface area contributed by atoms with E-state index >= 15 is 0 Å². The molecule has 1 aromatic carbocycles. The minimum atomic E-state index is -0.993. The van der Waals surface area contributed by atoms with Gasteiger partial charge in [-0.15, -0.1) is 10.2 Å². The van der Waals surface area contributed by atoms with Crippen LogP contribution >= 0.6 is 0 Å². The maximum Gasteiger partial charge on any atom is 0.340 e. The zero-order chi connectivity index (χ0) is 29.7. The molecule has 40 heavy (non-hydrogen) atoms. The monoisotopic (exact) mass is 552 g/mol. The summed E-state index contributed by atoms with van der Waals surface area (Å²) in [6.45, 7) is 7.01. The number of pyridine rings is 1. The molecule has 0 saturated carbocycles. The third-order valence-electron chi connectivity index (χ3n) is 6.17. The summed E-state index contributed by atoms with van der Waals surface area (Å²) in [5.41, 5.74) is -1.66. The van der Waals surface area contributed by atoms with Gasteiger partial charge in [-0.05, 0) is 38.0 Å². The molecule has 2 aromatic rings. The van der Waals surface area contributed by atoms with Gasteiger partial charge in [0.2, 0.25) is 11.8 Å². The zero-order valence-electron chi connectivity index (χ0n) is 23.5. The number of aromatic nitrogens is 1. The quantitative estimate of drug-likeness (QED) is 0.163. The Bertz CT molecular complexity index is 1360. The lowest BCUT2D eigenvalue weighted by Crippen LogP contribution is -2.26. The van der Waals surface area contributed by atoms with Crippen LogP contribution in [0.1, 0.15) is 109 Å². The van der Waals surface area contributed by atoms with Crippen molar-refractivity contribution >= 4 is 29.2 Å². The Morgan fingerprint density at radius 2 is 1.55 bits per heavy atom. The highest BCUT2D eigenvalue weighted by Gasteiger charge is 2.22. The van der Waals surface area contributed by atoms with Crippen molar-refractivity contribution in [1.29, 1.82) is 5.26 Å². The molecule has 11 heteroatoms. The number of esters is 2. The fourth-order valence-electron chi connectivity index (χ4n) is 3.87. The highest BCUT2D eigenvalue weighted by Crippen LogP contribution is 2.29. The van der Waals surface area contributed by atoms with E-state index in [2.05, 4.69) is 24.1 Å². The number of rotatable bonds is 14. The fourth-order valence-corrected chi connectivity index (χ4v) is 3.87. The van der Waals surface area contributed by atoms with Crippen molar-refractivity contribution in [3.05, 3.63) is 50.8 Å². The van der Waals surface area contributed by atoms with Crippen LogP contribution in [0, 0.1) is 18.3 Å². The van der Waals surface area contributed by atoms with Crippen molar-refractivity contribution in [2.75, 3.05) is 13.2 Å². The first kappa shape index (κ1) is 31.9. The number of ether oxygens (including phenoxy) is 2. The first-order valence-electron chi connectivity index (χ1n) is 13.5. The average Bonchev–Trinajstić information content (AvgIpc) is 2.92. The summed E-state index contributed by atoms with van der Waals surface area (Å²) in [4.78, 5) is 50.4. The van der Waals surface area contributed by atoms with Gasteiger partial charge in [0.15, 0.2) is 5.69 Å². The molecule has 0 radical (unpaired) electrons. The van der Waals surface area contributed by atoms with E-state index in [4.69, 9.17) is 9.47 Å². The Labute approximate surface area is 233 Å². The first-order chi connectivity index (χ1) is 19.2. The molecule has 0 bridgehead atoms. The molecule has 0 fully saturated rings. The Balaban J connectivity index is 2.48. The van der Waals surface area contributed by atoms with Gasteiger partial charge in [-0.1, -0.05) is 52.4 Å². The minimum absolute atomic E-state index is 0.00238. The lowest BCUT2D eigenvalue weighted by atomic mass is 10.1. The number of nitrogens with zero attached hydrogens (tertiary/aromatic N) is 4. The van der Waals surface area contributed by atoms with Crippen molar-refractivity contribution in [2.24, 2.45) is 10.2 Å². The lowest BCUT2D eigenvalue weighted by Gasteiger charge is -2.11. The Hall–Kier alpha value is -4.33. The van der Waals surface area contributed by atoms with Crippen molar-refractivity contribution in [2.45, 2.75) is 79.1 Å². The van der Waals surface area contributed by atoms with Crippen LogP contribution in [0.4, 0.5) is 11.4 Å². The van der Waals surface area contributed by atoms with Crippen LogP contribution in [0.3, 0.4) is 0 Å². The number of azo groups is 1. The van der Waals surface area contributed by atoms with E-state index in [1.165, 1.54) is 25.1 Å². The predicted molar refractivity (Wildman–Crippen MR) is 148 cm³/mol. The summed E-state index contributed by atoms with van der Waals surface area (Å²) in [6.07, 6.45) is 7.37. The van der Waals surface area contributed by atoms with Gasteiger partial charge < -0.3 is 14.6 Å². The van der Waals surface area contributed by atoms with Crippen LogP contribution in [-0.4, -0.2) is 40.7 Å². The molecular formula is C29H36N4O7. The number of hydrogen-bond donors (Lipinski definition) is 1. The van der Waals surface area contributed by atoms with Crippen LogP contribution < -0.4 is 5.56 Å². The molecule has 11 nitrogen and oxygen atoms in total. The van der Waals surface area contributed by atoms with Gasteiger partial charge in [0.25, 0.3) is 5.56 Å². The maximum atomic E-state index is 12.9. The number of benzene rings is 1. The van der Waals surface area contributed by atoms with Gasteiger partial charge in [0.1, 0.15) is 17.3 Å². The van der Waals surface area contributed by atoms with Crippen LogP contribution in [0.15, 0.2) is 33.2 Å². The molecule has 1 heterocycles. The van der Waals surface area contributed by atoms with Gasteiger partial charge in [0.05, 0.1) is 24.3 Å². The number of nitriles is 1. The molecule has 2 rings (SSSR count). The van der Waals surface area contributed by atoms with Crippen LogP contribution in [0.5, 0.6) is 5.88 Å². The molecule has 0 spiro atoms. The fraction of sp³-hybridized carbons (Fsp3) is 0.483. The van der Waals surface area contributed by atoms with Crippen molar-refractivity contribution in [3.63, 3.8) is 0 Å². The summed E-state index contributed by atoms with van der Waals surface area (Å²) >= 11 is 0. The minimum Gasteiger partial charge on any atom is -0.493 e. The van der Waals surface area contributed by atoms with Crippen molar-refractivity contribution in [1.82, 2.24) is 4.57 Å². The van der Waals surface area contributed by atoms with Gasteiger partial charge in [0, 0.05) is 12.5 Å². The van der Waals surface area contributed by atoms with E-state index in [0.717, 1.165) is 51.9 Å². The summed E-state index contributed by atoms with van der Waals surface area (Å²) in [7, 11) is 0. The third-order valence-corrected chi connectivity index (χ3v) is 6.17. The van der Waals surface area contributed by atoms with Gasteiger partial charge in [-0.25, -0.2) is 14.2 Å². The second kappa shape index (κ2) is 15.9. The summed E-state index contributed by atoms with van der Waals surface area (Å²) in [5.74, 6) is -2.93. The molecule has 0 aliphatic heterocycles. The normalized spacial score (nSPS) is 10.9. The standard InChI is InChI=1S/C29H36N4O7/c1-5-7-9-11-15-39-28(37)21-13-14-22(29(38)40-16-12-10-8-6-2)24(17-21)31-32-25-19(3)23(18-30)26(35)33(20(4)34)27(25)36/h13-14,17,35H,5-12,15-16H2,1-4H3. The Morgan fingerprint density at radius 1 is 0.950 bits per heavy atom. The summed E-state index contributed by atoms with van der Waals surface area (Å²) < 4.78 is 11.1. The van der Waals surface area contributed by atoms with Crippen LogP contribution in [-0.2, 0) is 9.47 Å². The number of hydrogen-bond acceptors (Lipinski definition) is 10. The van der Waals surface area contributed by atoms with E-state index < -0.39 is 29.3 Å². The highest BCUT2D eigenvalue weighted by molar-refractivity contribution is 5.98. The molecular weight excluding hydrogens is 516 g/mol. The molecule has 1 aromatic heterocycles. The lowest BCUT2D eigenvalue weighted by molar-refractivity contribution is 0.0484. The topological polar surface area (TPSA) is 160 Å². The van der Waals surface area contributed by atoms with Gasteiger partial charge in [-0.2, -0.15) is 5.26 Å². The Kier molecular flexibility index (Phi) is 12.7. The summed E-state index contributed by atoms with van der Waals surface area (Å²) in [5, 5.41) is 27.7. The summed E-state index contributed by atoms with van der Waals surface area (Å²) in [6, 6.07) is 5.84. The second-order valence-electron chi connectivity index (χ2n) is 9.27. The van der Waals surface area contributed by atoms with Crippen LogP contribution in [0.25, 0.3) is 0 Å². The smallest absolute Gasteiger partial charge is 0.340 e. The highest BCUT2D eigenvalue weighted by atomic mass is 16.5. The molecule has 0 aliphatic carbocycles. The number of carbonyl (C=O) groups is 3. The van der Waals surface area contributed by atoms with Crippen molar-refractivity contribution in [3.8, 4) is 11.9 Å². The van der Waals surface area contributed by atoms with Crippen molar-refractivity contribution < 1.29 is 29.0 Å². The number of carbonyl (C=O) groups excluding carboxylic acids is 3. The molecule has 214 valence electrons. The predicted octanol–water partition coefficient (Wildman–Crippen LogP) is 6.28. The molecule has 0 saturated heterocycles. The SMILES string of the molecule is CCCCCCOC(=O)c1ccc(C(=O)OCCCCCC)c(N=Nc2c(C)c(C#N)c(O)n(C(C)=O)c2=O)c1. The third kappa shape index (κ3) is 8.33. The van der Waals surface area contributed by atoms with E-state index in [1.54, 1.807) is 6.07 Å². The molecule has 0 atom stereocenters.